The molecule has 7 nitrogen and oxygen atoms in total. The van der Waals surface area contributed by atoms with Gasteiger partial charge in [0.05, 0.1) is 23.8 Å². The molecule has 0 unspecified atom stereocenters. The van der Waals surface area contributed by atoms with E-state index in [4.69, 9.17) is 5.73 Å². The lowest BCUT2D eigenvalue weighted by molar-refractivity contribution is -0.135. The molecule has 0 saturated heterocycles. The average Bonchev–Trinajstić information content (AvgIpc) is 2.70. The Bertz CT molecular complexity index is 794. The first-order valence-corrected chi connectivity index (χ1v) is 9.47. The third-order valence-electron chi connectivity index (χ3n) is 5.13. The van der Waals surface area contributed by atoms with Crippen LogP contribution in [-0.2, 0) is 22.6 Å². The summed E-state index contributed by atoms with van der Waals surface area (Å²) in [6.07, 6.45) is 2.67. The predicted octanol–water partition coefficient (Wildman–Crippen LogP) is 0.668. The number of carbonyl (C=O) groups excluding carboxylic acids is 2. The van der Waals surface area contributed by atoms with Crippen LogP contribution in [0.15, 0.2) is 54.7 Å². The van der Waals surface area contributed by atoms with Crippen LogP contribution in [0.2, 0.25) is 0 Å². The highest BCUT2D eigenvalue weighted by atomic mass is 16.3. The monoisotopic (exact) mass is 382 g/mol. The third-order valence-corrected chi connectivity index (χ3v) is 5.13. The third kappa shape index (κ3) is 4.94. The van der Waals surface area contributed by atoms with Gasteiger partial charge in [0.1, 0.15) is 0 Å². The van der Waals surface area contributed by atoms with E-state index in [1.54, 1.807) is 18.3 Å². The van der Waals surface area contributed by atoms with Crippen LogP contribution in [-0.4, -0.2) is 39.6 Å². The number of aromatic nitrogens is 1. The molecule has 0 spiro atoms. The van der Waals surface area contributed by atoms with Gasteiger partial charge in [-0.2, -0.15) is 0 Å². The van der Waals surface area contributed by atoms with Gasteiger partial charge in [-0.1, -0.05) is 36.4 Å². The van der Waals surface area contributed by atoms with Gasteiger partial charge in [0.25, 0.3) is 5.91 Å². The minimum Gasteiger partial charge on any atom is -0.381 e. The first kappa shape index (κ1) is 20.0. The van der Waals surface area contributed by atoms with E-state index in [0.29, 0.717) is 25.0 Å². The van der Waals surface area contributed by atoms with Crippen molar-refractivity contribution in [1.82, 2.24) is 15.6 Å². The predicted molar refractivity (Wildman–Crippen MR) is 105 cm³/mol. The van der Waals surface area contributed by atoms with Crippen molar-refractivity contribution in [2.75, 3.05) is 0 Å². The lowest BCUT2D eigenvalue weighted by atomic mass is 9.76. The SMILES string of the molecule is NC1(C(=O)N[C@H](Cc2ccccc2)[C@H](O)C(=O)NCc2ccccn2)CCC1. The second-order valence-electron chi connectivity index (χ2n) is 7.26. The molecule has 0 aliphatic heterocycles. The molecule has 2 aromatic rings. The Balaban J connectivity index is 1.67. The van der Waals surface area contributed by atoms with E-state index in [1.807, 2.05) is 36.4 Å². The number of hydrogen-bond donors (Lipinski definition) is 4. The molecular formula is C21H26N4O3. The molecule has 1 aromatic heterocycles. The normalized spacial score (nSPS) is 17.1. The molecule has 148 valence electrons. The smallest absolute Gasteiger partial charge is 0.251 e. The van der Waals surface area contributed by atoms with Gasteiger partial charge in [-0.15, -0.1) is 0 Å². The molecule has 1 aromatic carbocycles. The number of hydrogen-bond acceptors (Lipinski definition) is 5. The molecule has 3 rings (SSSR count). The number of nitrogens with one attached hydrogen (secondary N) is 2. The Morgan fingerprint density at radius 1 is 1.14 bits per heavy atom. The zero-order valence-corrected chi connectivity index (χ0v) is 15.7. The Morgan fingerprint density at radius 3 is 2.46 bits per heavy atom. The molecule has 0 radical (unpaired) electrons. The summed E-state index contributed by atoms with van der Waals surface area (Å²) in [7, 11) is 0. The number of pyridine rings is 1. The highest BCUT2D eigenvalue weighted by molar-refractivity contribution is 5.88. The number of benzene rings is 1. The molecule has 1 saturated carbocycles. The number of aliphatic hydroxyl groups excluding tert-OH is 1. The lowest BCUT2D eigenvalue weighted by Gasteiger charge is -2.38. The molecule has 2 atom stereocenters. The average molecular weight is 382 g/mol. The first-order chi connectivity index (χ1) is 13.5. The Kier molecular flexibility index (Phi) is 6.38. The Morgan fingerprint density at radius 2 is 1.86 bits per heavy atom. The Labute approximate surface area is 164 Å². The fraction of sp³-hybridized carbons (Fsp3) is 0.381. The quantitative estimate of drug-likeness (QED) is 0.535. The summed E-state index contributed by atoms with van der Waals surface area (Å²) in [5, 5.41) is 16.1. The highest BCUT2D eigenvalue weighted by Gasteiger charge is 2.42. The van der Waals surface area contributed by atoms with Crippen LogP contribution in [0.5, 0.6) is 0 Å². The van der Waals surface area contributed by atoms with Gasteiger partial charge in [0.15, 0.2) is 6.10 Å². The zero-order chi connectivity index (χ0) is 20.0. The van der Waals surface area contributed by atoms with Crippen molar-refractivity contribution in [3.8, 4) is 0 Å². The molecule has 2 amide bonds. The molecule has 7 heteroatoms. The second-order valence-corrected chi connectivity index (χ2v) is 7.26. The first-order valence-electron chi connectivity index (χ1n) is 9.47. The van der Waals surface area contributed by atoms with Gasteiger partial charge in [0.2, 0.25) is 5.91 Å². The number of carbonyl (C=O) groups is 2. The van der Waals surface area contributed by atoms with E-state index in [1.165, 1.54) is 0 Å². The zero-order valence-electron chi connectivity index (χ0n) is 15.7. The summed E-state index contributed by atoms with van der Waals surface area (Å²) in [6.45, 7) is 0.198. The molecule has 1 heterocycles. The molecule has 1 aliphatic rings. The highest BCUT2D eigenvalue weighted by Crippen LogP contribution is 2.29. The minimum atomic E-state index is -1.41. The maximum absolute atomic E-state index is 12.6. The van der Waals surface area contributed by atoms with E-state index in [0.717, 1.165) is 12.0 Å². The summed E-state index contributed by atoms with van der Waals surface area (Å²) in [6, 6.07) is 14.0. The minimum absolute atomic E-state index is 0.198. The van der Waals surface area contributed by atoms with Gasteiger partial charge >= 0.3 is 0 Å². The second kappa shape index (κ2) is 8.95. The van der Waals surface area contributed by atoms with Crippen molar-refractivity contribution in [2.45, 2.75) is 49.9 Å². The molecule has 1 fully saturated rings. The summed E-state index contributed by atoms with van der Waals surface area (Å²) in [5.41, 5.74) is 6.78. The number of rotatable bonds is 8. The van der Waals surface area contributed by atoms with Crippen molar-refractivity contribution in [1.29, 1.82) is 0 Å². The van der Waals surface area contributed by atoms with E-state index in [-0.39, 0.29) is 12.5 Å². The standard InChI is InChI=1S/C21H26N4O3/c22-21(10-6-11-21)20(28)25-17(13-15-7-2-1-3-8-15)18(26)19(27)24-14-16-9-4-5-12-23-16/h1-5,7-9,12,17-18,26H,6,10-11,13-14,22H2,(H,24,27)(H,25,28)/t17-,18+/m1/s1. The van der Waals surface area contributed by atoms with Crippen LogP contribution in [0.25, 0.3) is 0 Å². The van der Waals surface area contributed by atoms with Gasteiger partial charge in [0, 0.05) is 6.20 Å². The van der Waals surface area contributed by atoms with Crippen LogP contribution >= 0.6 is 0 Å². The summed E-state index contributed by atoms with van der Waals surface area (Å²) in [5.74, 6) is -0.886. The summed E-state index contributed by atoms with van der Waals surface area (Å²) >= 11 is 0. The van der Waals surface area contributed by atoms with Gasteiger partial charge in [-0.3, -0.25) is 14.6 Å². The number of aliphatic hydroxyl groups is 1. The molecule has 28 heavy (non-hydrogen) atoms. The molecule has 1 aliphatic carbocycles. The number of nitrogens with zero attached hydrogens (tertiary/aromatic N) is 1. The van der Waals surface area contributed by atoms with Gasteiger partial charge in [-0.05, 0) is 43.4 Å². The van der Waals surface area contributed by atoms with Crippen molar-refractivity contribution in [2.24, 2.45) is 5.73 Å². The van der Waals surface area contributed by atoms with Crippen LogP contribution in [0, 0.1) is 0 Å². The topological polar surface area (TPSA) is 117 Å². The van der Waals surface area contributed by atoms with Crippen molar-refractivity contribution < 1.29 is 14.7 Å². The van der Waals surface area contributed by atoms with E-state index in [9.17, 15) is 14.7 Å². The fourth-order valence-corrected chi connectivity index (χ4v) is 3.17. The maximum atomic E-state index is 12.6. The molecular weight excluding hydrogens is 356 g/mol. The van der Waals surface area contributed by atoms with Crippen molar-refractivity contribution in [3.05, 3.63) is 66.0 Å². The number of nitrogens with two attached hydrogens (primary N) is 1. The van der Waals surface area contributed by atoms with E-state index < -0.39 is 23.6 Å². The molecule has 0 bridgehead atoms. The van der Waals surface area contributed by atoms with Crippen molar-refractivity contribution >= 4 is 11.8 Å². The van der Waals surface area contributed by atoms with Crippen LogP contribution in [0.1, 0.15) is 30.5 Å². The van der Waals surface area contributed by atoms with Gasteiger partial charge < -0.3 is 21.5 Å². The van der Waals surface area contributed by atoms with Crippen LogP contribution in [0.3, 0.4) is 0 Å². The van der Waals surface area contributed by atoms with E-state index in [2.05, 4.69) is 15.6 Å². The lowest BCUT2D eigenvalue weighted by Crippen LogP contribution is -2.63. The maximum Gasteiger partial charge on any atom is 0.251 e. The Hall–Kier alpha value is -2.77. The van der Waals surface area contributed by atoms with Crippen LogP contribution < -0.4 is 16.4 Å². The number of amides is 2. The molecule has 5 N–H and O–H groups in total. The van der Waals surface area contributed by atoms with Crippen LogP contribution in [0.4, 0.5) is 0 Å². The summed E-state index contributed by atoms with van der Waals surface area (Å²) in [4.78, 5) is 29.2. The summed E-state index contributed by atoms with van der Waals surface area (Å²) < 4.78 is 0. The largest absolute Gasteiger partial charge is 0.381 e. The fourth-order valence-electron chi connectivity index (χ4n) is 3.17. The van der Waals surface area contributed by atoms with Crippen molar-refractivity contribution in [3.63, 3.8) is 0 Å². The van der Waals surface area contributed by atoms with Gasteiger partial charge in [-0.25, -0.2) is 0 Å². The van der Waals surface area contributed by atoms with E-state index >= 15 is 0 Å².